The lowest BCUT2D eigenvalue weighted by atomic mass is 10.0. The SMILES string of the molecule is COc1ccc(COc2ccc(CCCc3ccc(OCc4ccccc4)cc3OCc3ccccc3)c(OCc3ccccc3)c2)cc1. The molecule has 6 rings (SSSR count). The molecule has 0 saturated carbocycles. The van der Waals surface area contributed by atoms with E-state index in [4.69, 9.17) is 23.7 Å². The summed E-state index contributed by atoms with van der Waals surface area (Å²) in [5, 5.41) is 0. The molecule has 0 aromatic heterocycles. The number of benzene rings is 6. The van der Waals surface area contributed by atoms with Crippen molar-refractivity contribution >= 4 is 0 Å². The monoisotopic (exact) mass is 650 g/mol. The second-order valence-corrected chi connectivity index (χ2v) is 11.9. The van der Waals surface area contributed by atoms with Gasteiger partial charge in [-0.05, 0) is 76.9 Å². The molecule has 0 spiro atoms. The predicted molar refractivity (Wildman–Crippen MR) is 195 cm³/mol. The molecule has 248 valence electrons. The van der Waals surface area contributed by atoms with Crippen LogP contribution in [0, 0.1) is 0 Å². The van der Waals surface area contributed by atoms with Gasteiger partial charge in [0.25, 0.3) is 0 Å². The van der Waals surface area contributed by atoms with Gasteiger partial charge >= 0.3 is 0 Å². The number of hydrogen-bond donors (Lipinski definition) is 0. The van der Waals surface area contributed by atoms with Crippen LogP contribution in [0.25, 0.3) is 0 Å². The van der Waals surface area contributed by atoms with Gasteiger partial charge in [0.15, 0.2) is 0 Å². The van der Waals surface area contributed by atoms with E-state index in [1.807, 2.05) is 103 Å². The first kappa shape index (κ1) is 33.2. The minimum absolute atomic E-state index is 0.457. The van der Waals surface area contributed by atoms with Crippen molar-refractivity contribution in [2.75, 3.05) is 7.11 Å². The Labute approximate surface area is 289 Å². The van der Waals surface area contributed by atoms with Gasteiger partial charge in [0.1, 0.15) is 55.2 Å². The summed E-state index contributed by atoms with van der Waals surface area (Å²) in [6, 6.07) is 50.9. The van der Waals surface area contributed by atoms with Crippen LogP contribution in [0.1, 0.15) is 39.8 Å². The van der Waals surface area contributed by atoms with Gasteiger partial charge in [-0.3, -0.25) is 0 Å². The maximum atomic E-state index is 6.40. The standard InChI is InChI=1S/C44H42O5/c1-45-40-24-20-37(21-25-40)31-47-42-27-23-39(44(29-42)49-33-36-16-9-4-10-17-36)19-11-18-38-22-26-41(46-30-34-12-5-2-6-13-34)28-43(38)48-32-35-14-7-3-8-15-35/h2-10,12-17,20-29H,11,18-19,30-33H2,1H3. The van der Waals surface area contributed by atoms with Crippen molar-refractivity contribution in [3.8, 4) is 28.7 Å². The number of aryl methyl sites for hydroxylation is 2. The van der Waals surface area contributed by atoms with Crippen LogP contribution < -0.4 is 23.7 Å². The van der Waals surface area contributed by atoms with Gasteiger partial charge in [-0.15, -0.1) is 0 Å². The summed E-state index contributed by atoms with van der Waals surface area (Å²) < 4.78 is 30.4. The molecule has 0 fully saturated rings. The van der Waals surface area contributed by atoms with Gasteiger partial charge in [0, 0.05) is 12.1 Å². The first-order valence-corrected chi connectivity index (χ1v) is 16.7. The lowest BCUT2D eigenvalue weighted by Crippen LogP contribution is -2.03. The Morgan fingerprint density at radius 3 is 1.14 bits per heavy atom. The van der Waals surface area contributed by atoms with E-state index in [0.29, 0.717) is 26.4 Å². The molecule has 0 atom stereocenters. The van der Waals surface area contributed by atoms with E-state index in [1.54, 1.807) is 7.11 Å². The highest BCUT2D eigenvalue weighted by Crippen LogP contribution is 2.31. The third-order valence-electron chi connectivity index (χ3n) is 8.26. The Morgan fingerprint density at radius 1 is 0.367 bits per heavy atom. The zero-order valence-corrected chi connectivity index (χ0v) is 27.9. The predicted octanol–water partition coefficient (Wildman–Crippen LogP) is 10.2. The summed E-state index contributed by atoms with van der Waals surface area (Å²) in [6.07, 6.45) is 2.60. The van der Waals surface area contributed by atoms with Crippen LogP contribution in [-0.4, -0.2) is 7.11 Å². The number of methoxy groups -OCH3 is 1. The fraction of sp³-hybridized carbons (Fsp3) is 0.182. The first-order valence-electron chi connectivity index (χ1n) is 16.7. The van der Waals surface area contributed by atoms with Gasteiger partial charge < -0.3 is 23.7 Å². The van der Waals surface area contributed by atoms with Gasteiger partial charge in [-0.25, -0.2) is 0 Å². The minimum Gasteiger partial charge on any atom is -0.497 e. The molecule has 0 saturated heterocycles. The second kappa shape index (κ2) is 17.5. The normalized spacial score (nSPS) is 10.7. The molecule has 0 aliphatic rings. The average molecular weight is 651 g/mol. The van der Waals surface area contributed by atoms with Crippen molar-refractivity contribution in [3.63, 3.8) is 0 Å². The van der Waals surface area contributed by atoms with E-state index in [2.05, 4.69) is 48.5 Å². The van der Waals surface area contributed by atoms with E-state index in [9.17, 15) is 0 Å². The Hall–Kier alpha value is -5.68. The summed E-state index contributed by atoms with van der Waals surface area (Å²) in [4.78, 5) is 0. The lowest BCUT2D eigenvalue weighted by Gasteiger charge is -2.16. The summed E-state index contributed by atoms with van der Waals surface area (Å²) >= 11 is 0. The quantitative estimate of drug-likeness (QED) is 0.0983. The van der Waals surface area contributed by atoms with E-state index in [0.717, 1.165) is 81.4 Å². The fourth-order valence-electron chi connectivity index (χ4n) is 5.50. The van der Waals surface area contributed by atoms with E-state index >= 15 is 0 Å². The molecule has 5 heteroatoms. The van der Waals surface area contributed by atoms with Crippen LogP contribution in [0.4, 0.5) is 0 Å². The third-order valence-corrected chi connectivity index (χ3v) is 8.26. The number of hydrogen-bond acceptors (Lipinski definition) is 5. The molecule has 5 nitrogen and oxygen atoms in total. The molecule has 0 aliphatic heterocycles. The van der Waals surface area contributed by atoms with Gasteiger partial charge in [0.05, 0.1) is 7.11 Å². The maximum absolute atomic E-state index is 6.40. The van der Waals surface area contributed by atoms with Gasteiger partial charge in [-0.1, -0.05) is 115 Å². The zero-order valence-electron chi connectivity index (χ0n) is 27.9. The fourth-order valence-corrected chi connectivity index (χ4v) is 5.50. The highest BCUT2D eigenvalue weighted by molar-refractivity contribution is 5.43. The number of ether oxygens (including phenoxy) is 5. The smallest absolute Gasteiger partial charge is 0.126 e. The summed E-state index contributed by atoms with van der Waals surface area (Å²) in [6.45, 7) is 1.94. The summed E-state index contributed by atoms with van der Waals surface area (Å²) in [7, 11) is 1.67. The highest BCUT2D eigenvalue weighted by Gasteiger charge is 2.12. The Kier molecular flexibility index (Phi) is 11.8. The lowest BCUT2D eigenvalue weighted by molar-refractivity contribution is 0.287. The van der Waals surface area contributed by atoms with E-state index in [-0.39, 0.29) is 0 Å². The van der Waals surface area contributed by atoms with Crippen molar-refractivity contribution in [1.29, 1.82) is 0 Å². The highest BCUT2D eigenvalue weighted by atomic mass is 16.5. The van der Waals surface area contributed by atoms with Gasteiger partial charge in [0.2, 0.25) is 0 Å². The van der Waals surface area contributed by atoms with E-state index in [1.165, 1.54) is 0 Å². The van der Waals surface area contributed by atoms with Crippen molar-refractivity contribution in [3.05, 3.63) is 185 Å². The topological polar surface area (TPSA) is 46.2 Å². The molecular weight excluding hydrogens is 608 g/mol. The molecule has 0 amide bonds. The molecule has 0 heterocycles. The third kappa shape index (κ3) is 10.2. The summed E-state index contributed by atoms with van der Waals surface area (Å²) in [5.41, 5.74) is 6.72. The molecule has 49 heavy (non-hydrogen) atoms. The zero-order chi connectivity index (χ0) is 33.5. The molecule has 0 bridgehead atoms. The Balaban J connectivity index is 1.14. The Morgan fingerprint density at radius 2 is 0.735 bits per heavy atom. The second-order valence-electron chi connectivity index (χ2n) is 11.9. The average Bonchev–Trinajstić information content (AvgIpc) is 3.17. The van der Waals surface area contributed by atoms with Crippen LogP contribution in [0.3, 0.4) is 0 Å². The molecular formula is C44H42O5. The largest absolute Gasteiger partial charge is 0.497 e. The molecule has 0 aliphatic carbocycles. The molecule has 0 N–H and O–H groups in total. The Bertz CT molecular complexity index is 1860. The van der Waals surface area contributed by atoms with Crippen LogP contribution in [0.2, 0.25) is 0 Å². The van der Waals surface area contributed by atoms with Crippen LogP contribution in [-0.2, 0) is 39.3 Å². The molecule has 6 aromatic rings. The van der Waals surface area contributed by atoms with Gasteiger partial charge in [-0.2, -0.15) is 0 Å². The first-order chi connectivity index (χ1) is 24.2. The van der Waals surface area contributed by atoms with Crippen LogP contribution in [0.15, 0.2) is 152 Å². The van der Waals surface area contributed by atoms with E-state index < -0.39 is 0 Å². The van der Waals surface area contributed by atoms with Crippen molar-refractivity contribution < 1.29 is 23.7 Å². The van der Waals surface area contributed by atoms with Crippen molar-refractivity contribution in [2.45, 2.75) is 45.7 Å². The molecule has 0 radical (unpaired) electrons. The summed E-state index contributed by atoms with van der Waals surface area (Å²) in [5.74, 6) is 4.06. The van der Waals surface area contributed by atoms with Crippen molar-refractivity contribution in [2.24, 2.45) is 0 Å². The minimum atomic E-state index is 0.457. The van der Waals surface area contributed by atoms with Crippen LogP contribution in [0.5, 0.6) is 28.7 Å². The molecule has 0 unspecified atom stereocenters. The van der Waals surface area contributed by atoms with Crippen molar-refractivity contribution in [1.82, 2.24) is 0 Å². The maximum Gasteiger partial charge on any atom is 0.126 e. The molecule has 6 aromatic carbocycles. The van der Waals surface area contributed by atoms with Crippen LogP contribution >= 0.6 is 0 Å². The number of rotatable bonds is 17.